The topological polar surface area (TPSA) is 41.6 Å². The van der Waals surface area contributed by atoms with Gasteiger partial charge in [-0.15, -0.1) is 0 Å². The Morgan fingerprint density at radius 1 is 1.38 bits per heavy atom. The summed E-state index contributed by atoms with van der Waals surface area (Å²) in [6.45, 7) is 3.65. The van der Waals surface area contributed by atoms with Crippen LogP contribution in [0.2, 0.25) is 0 Å². The lowest BCUT2D eigenvalue weighted by Crippen LogP contribution is -2.41. The number of carbonyl (C=O) groups is 1. The van der Waals surface area contributed by atoms with Crippen LogP contribution in [0, 0.1) is 5.92 Å². The fourth-order valence-electron chi connectivity index (χ4n) is 3.20. The lowest BCUT2D eigenvalue weighted by Gasteiger charge is -2.23. The molecule has 0 spiro atoms. The van der Waals surface area contributed by atoms with Crippen LogP contribution in [-0.2, 0) is 9.53 Å². The zero-order valence-corrected chi connectivity index (χ0v) is 9.65. The Morgan fingerprint density at radius 2 is 2.31 bits per heavy atom. The van der Waals surface area contributed by atoms with Gasteiger partial charge in [-0.1, -0.05) is 0 Å². The van der Waals surface area contributed by atoms with Crippen molar-refractivity contribution in [2.24, 2.45) is 5.92 Å². The number of carbonyl (C=O) groups excluding carboxylic acids is 1. The third kappa shape index (κ3) is 1.84. The summed E-state index contributed by atoms with van der Waals surface area (Å²) in [6.07, 6.45) is 4.77. The van der Waals surface area contributed by atoms with Crippen LogP contribution in [-0.4, -0.2) is 49.2 Å². The molecule has 3 saturated heterocycles. The third-order valence-electron chi connectivity index (χ3n) is 4.08. The summed E-state index contributed by atoms with van der Waals surface area (Å²) in [7, 11) is 0. The van der Waals surface area contributed by atoms with Gasteiger partial charge in [-0.2, -0.15) is 0 Å². The molecule has 0 radical (unpaired) electrons. The van der Waals surface area contributed by atoms with Crippen molar-refractivity contribution < 1.29 is 9.53 Å². The minimum Gasteiger partial charge on any atom is -0.376 e. The summed E-state index contributed by atoms with van der Waals surface area (Å²) in [5, 5.41) is 3.46. The molecule has 1 N–H and O–H groups in total. The molecule has 3 aliphatic rings. The van der Waals surface area contributed by atoms with E-state index in [1.54, 1.807) is 0 Å². The zero-order chi connectivity index (χ0) is 11.0. The summed E-state index contributed by atoms with van der Waals surface area (Å²) in [5.41, 5.74) is 0. The second-order valence-electron chi connectivity index (χ2n) is 5.19. The molecular formula is C12H20N2O2. The van der Waals surface area contributed by atoms with Crippen LogP contribution >= 0.6 is 0 Å². The van der Waals surface area contributed by atoms with Crippen molar-refractivity contribution in [3.05, 3.63) is 0 Å². The van der Waals surface area contributed by atoms with Gasteiger partial charge in [0.15, 0.2) is 0 Å². The van der Waals surface area contributed by atoms with Crippen molar-refractivity contribution in [2.75, 3.05) is 26.2 Å². The number of piperidine rings is 1. The first-order valence-electron chi connectivity index (χ1n) is 6.48. The highest BCUT2D eigenvalue weighted by Crippen LogP contribution is 2.27. The van der Waals surface area contributed by atoms with E-state index in [1.165, 1.54) is 0 Å². The first-order chi connectivity index (χ1) is 7.84. The van der Waals surface area contributed by atoms with Crippen LogP contribution in [0.15, 0.2) is 0 Å². The van der Waals surface area contributed by atoms with Gasteiger partial charge < -0.3 is 15.0 Å². The maximum absolute atomic E-state index is 12.2. The maximum atomic E-state index is 12.2. The summed E-state index contributed by atoms with van der Waals surface area (Å²) in [6, 6.07) is 0.405. The van der Waals surface area contributed by atoms with Crippen LogP contribution in [0.1, 0.15) is 25.7 Å². The zero-order valence-electron chi connectivity index (χ0n) is 9.65. The highest BCUT2D eigenvalue weighted by molar-refractivity contribution is 5.82. The molecule has 90 valence electrons. The quantitative estimate of drug-likeness (QED) is 0.737. The van der Waals surface area contributed by atoms with Gasteiger partial charge in [-0.3, -0.25) is 4.79 Å². The van der Waals surface area contributed by atoms with Gasteiger partial charge in [-0.05, 0) is 32.2 Å². The number of amides is 1. The summed E-state index contributed by atoms with van der Waals surface area (Å²) in [4.78, 5) is 14.2. The second-order valence-corrected chi connectivity index (χ2v) is 5.19. The van der Waals surface area contributed by atoms with Gasteiger partial charge in [0.05, 0.1) is 12.0 Å². The predicted molar refractivity (Wildman–Crippen MR) is 60.1 cm³/mol. The molecule has 0 aromatic carbocycles. The molecular weight excluding hydrogens is 204 g/mol. The van der Waals surface area contributed by atoms with E-state index in [4.69, 9.17) is 4.74 Å². The SMILES string of the molecule is O=C1C2CCCNC2CN1CC1CCCO1. The maximum Gasteiger partial charge on any atom is 0.227 e. The van der Waals surface area contributed by atoms with Gasteiger partial charge in [0.2, 0.25) is 5.91 Å². The monoisotopic (exact) mass is 224 g/mol. The number of nitrogens with one attached hydrogen (secondary N) is 1. The van der Waals surface area contributed by atoms with Gasteiger partial charge in [-0.25, -0.2) is 0 Å². The van der Waals surface area contributed by atoms with Crippen LogP contribution in [0.25, 0.3) is 0 Å². The molecule has 3 rings (SSSR count). The molecule has 4 heteroatoms. The number of nitrogens with zero attached hydrogens (tertiary/aromatic N) is 1. The first kappa shape index (κ1) is 10.5. The predicted octanol–water partition coefficient (Wildman–Crippen LogP) is 0.376. The van der Waals surface area contributed by atoms with Gasteiger partial charge in [0, 0.05) is 25.7 Å². The average molecular weight is 224 g/mol. The van der Waals surface area contributed by atoms with E-state index in [2.05, 4.69) is 5.32 Å². The van der Waals surface area contributed by atoms with E-state index in [0.717, 1.165) is 51.9 Å². The Balaban J connectivity index is 1.61. The number of rotatable bonds is 2. The molecule has 3 heterocycles. The normalized spacial score (nSPS) is 39.1. The molecule has 3 fully saturated rings. The molecule has 3 aliphatic heterocycles. The third-order valence-corrected chi connectivity index (χ3v) is 4.08. The van der Waals surface area contributed by atoms with E-state index in [-0.39, 0.29) is 5.92 Å². The lowest BCUT2D eigenvalue weighted by molar-refractivity contribution is -0.132. The van der Waals surface area contributed by atoms with Gasteiger partial charge in [0.25, 0.3) is 0 Å². The van der Waals surface area contributed by atoms with Crippen molar-refractivity contribution in [1.82, 2.24) is 10.2 Å². The van der Waals surface area contributed by atoms with Crippen LogP contribution < -0.4 is 5.32 Å². The highest BCUT2D eigenvalue weighted by Gasteiger charge is 2.42. The fraction of sp³-hybridized carbons (Fsp3) is 0.917. The Bertz CT molecular complexity index is 276. The number of fused-ring (bicyclic) bond motifs is 1. The number of hydrogen-bond acceptors (Lipinski definition) is 3. The minimum absolute atomic E-state index is 0.246. The van der Waals surface area contributed by atoms with Crippen molar-refractivity contribution in [3.8, 4) is 0 Å². The van der Waals surface area contributed by atoms with Gasteiger partial charge in [0.1, 0.15) is 0 Å². The Hall–Kier alpha value is -0.610. The molecule has 1 amide bonds. The molecule has 0 bridgehead atoms. The van der Waals surface area contributed by atoms with Crippen LogP contribution in [0.5, 0.6) is 0 Å². The molecule has 0 aromatic heterocycles. The molecule has 3 unspecified atom stereocenters. The summed E-state index contributed by atoms with van der Waals surface area (Å²) < 4.78 is 5.60. The van der Waals surface area contributed by atoms with Gasteiger partial charge >= 0.3 is 0 Å². The fourth-order valence-corrected chi connectivity index (χ4v) is 3.20. The Labute approximate surface area is 96.3 Å². The number of ether oxygens (including phenoxy) is 1. The van der Waals surface area contributed by atoms with Crippen molar-refractivity contribution in [1.29, 1.82) is 0 Å². The van der Waals surface area contributed by atoms with E-state index < -0.39 is 0 Å². The van der Waals surface area contributed by atoms with E-state index >= 15 is 0 Å². The summed E-state index contributed by atoms with van der Waals surface area (Å²) in [5.74, 6) is 0.600. The number of likely N-dealkylation sites (tertiary alicyclic amines) is 1. The molecule has 0 saturated carbocycles. The summed E-state index contributed by atoms with van der Waals surface area (Å²) >= 11 is 0. The van der Waals surface area contributed by atoms with E-state index in [9.17, 15) is 4.79 Å². The molecule has 4 nitrogen and oxygen atoms in total. The molecule has 3 atom stereocenters. The van der Waals surface area contributed by atoms with Crippen molar-refractivity contribution >= 4 is 5.91 Å². The molecule has 16 heavy (non-hydrogen) atoms. The lowest BCUT2D eigenvalue weighted by atomic mass is 9.94. The highest BCUT2D eigenvalue weighted by atomic mass is 16.5. The molecule has 0 aliphatic carbocycles. The standard InChI is InChI=1S/C12H20N2O2/c15-12-10-4-1-5-13-11(10)8-14(12)7-9-3-2-6-16-9/h9-11,13H,1-8H2. The van der Waals surface area contributed by atoms with Crippen molar-refractivity contribution in [3.63, 3.8) is 0 Å². The minimum atomic E-state index is 0.246. The van der Waals surface area contributed by atoms with Crippen LogP contribution in [0.4, 0.5) is 0 Å². The van der Waals surface area contributed by atoms with Crippen molar-refractivity contribution in [2.45, 2.75) is 37.8 Å². The largest absolute Gasteiger partial charge is 0.376 e. The second kappa shape index (κ2) is 4.34. The Morgan fingerprint density at radius 3 is 3.06 bits per heavy atom. The first-order valence-corrected chi connectivity index (χ1v) is 6.48. The Kier molecular flexibility index (Phi) is 2.86. The molecule has 0 aromatic rings. The smallest absolute Gasteiger partial charge is 0.227 e. The van der Waals surface area contributed by atoms with E-state index in [0.29, 0.717) is 18.1 Å². The van der Waals surface area contributed by atoms with Crippen LogP contribution in [0.3, 0.4) is 0 Å². The van der Waals surface area contributed by atoms with E-state index in [1.807, 2.05) is 4.90 Å². The average Bonchev–Trinajstić information content (AvgIpc) is 2.90. The number of hydrogen-bond donors (Lipinski definition) is 1.